The number of halogens is 3. The van der Waals surface area contributed by atoms with Crippen molar-refractivity contribution in [3.63, 3.8) is 0 Å². The summed E-state index contributed by atoms with van der Waals surface area (Å²) in [6.07, 6.45) is 11.2. The maximum Gasteiger partial charge on any atom is 0.488 e. The monoisotopic (exact) mass is 1400 g/mol. The second-order valence-electron chi connectivity index (χ2n) is 22.3. The molecule has 10 nitrogen and oxygen atoms in total. The molecule has 14 heteroatoms. The molecule has 0 aliphatic heterocycles. The van der Waals surface area contributed by atoms with E-state index in [1.807, 2.05) is 104 Å². The van der Waals surface area contributed by atoms with Gasteiger partial charge in [-0.2, -0.15) is 0 Å². The van der Waals surface area contributed by atoms with Gasteiger partial charge in [0.1, 0.15) is 13.8 Å². The molecule has 448 valence electrons. The summed E-state index contributed by atoms with van der Waals surface area (Å²) in [7, 11) is -1.38. The minimum atomic E-state index is -1.38. The molecule has 8 aromatic carbocycles. The number of rotatable bonds is 10. The van der Waals surface area contributed by atoms with E-state index in [0.29, 0.717) is 5.46 Å². The van der Waals surface area contributed by atoms with Crippen molar-refractivity contribution in [1.29, 1.82) is 0 Å². The summed E-state index contributed by atoms with van der Waals surface area (Å²) >= 11 is 10.1. The zero-order valence-corrected chi connectivity index (χ0v) is 54.8. The van der Waals surface area contributed by atoms with Gasteiger partial charge in [0.25, 0.3) is 0 Å². The Hall–Kier alpha value is -10.6. The second-order valence-corrected chi connectivity index (χ2v) is 24.8. The molecule has 0 radical (unpaired) electrons. The quantitative estimate of drug-likeness (QED) is 0.100. The third-order valence-electron chi connectivity index (χ3n) is 16.2. The van der Waals surface area contributed by atoms with E-state index in [0.717, 1.165) is 126 Å². The fourth-order valence-corrected chi connectivity index (χ4v) is 11.9. The van der Waals surface area contributed by atoms with Crippen LogP contribution >= 0.6 is 47.8 Å². The third kappa shape index (κ3) is 14.1. The largest absolute Gasteiger partial charge is 0.488 e. The van der Waals surface area contributed by atoms with Gasteiger partial charge in [0.05, 0.1) is 39.9 Å². The lowest BCUT2D eigenvalue weighted by atomic mass is 9.79. The molecule has 0 bridgehead atoms. The maximum atomic E-state index is 8.94. The number of fused-ring (bicyclic) bond motifs is 4. The molecule has 8 heterocycles. The van der Waals surface area contributed by atoms with Crippen LogP contribution in [0.5, 0.6) is 0 Å². The van der Waals surface area contributed by atoms with E-state index in [4.69, 9.17) is 35.0 Å². The molecule has 2 N–H and O–H groups in total. The molecule has 0 spiro atoms. The number of hydrogen-bond acceptors (Lipinski definition) is 10. The van der Waals surface area contributed by atoms with Crippen molar-refractivity contribution < 1.29 is 10.0 Å². The molecule has 16 rings (SSSR count). The van der Waals surface area contributed by atoms with E-state index < -0.39 is 7.12 Å². The Morgan fingerprint density at radius 3 is 0.777 bits per heavy atom. The summed E-state index contributed by atoms with van der Waals surface area (Å²) in [6.45, 7) is 0. The van der Waals surface area contributed by atoms with Gasteiger partial charge in [-0.25, -0.2) is 24.9 Å². The van der Waals surface area contributed by atoms with Crippen molar-refractivity contribution in [3.8, 4) is 101 Å². The van der Waals surface area contributed by atoms with E-state index in [-0.39, 0.29) is 0 Å². The van der Waals surface area contributed by atoms with E-state index in [2.05, 4.69) is 239 Å². The van der Waals surface area contributed by atoms with E-state index >= 15 is 0 Å². The van der Waals surface area contributed by atoms with Crippen LogP contribution in [0.15, 0.2) is 318 Å². The van der Waals surface area contributed by atoms with Crippen molar-refractivity contribution in [2.45, 2.75) is 0 Å². The molecule has 0 fully saturated rings. The van der Waals surface area contributed by atoms with Gasteiger partial charge in [0, 0.05) is 87.3 Å². The van der Waals surface area contributed by atoms with E-state index in [1.165, 1.54) is 32.3 Å². The molecule has 0 amide bonds. The number of pyridine rings is 8. The van der Waals surface area contributed by atoms with Crippen molar-refractivity contribution in [1.82, 2.24) is 39.9 Å². The minimum Gasteiger partial charge on any atom is -0.423 e. The first-order chi connectivity index (χ1) is 46.0. The molecule has 0 aliphatic rings. The van der Waals surface area contributed by atoms with E-state index in [1.54, 1.807) is 24.5 Å². The van der Waals surface area contributed by atoms with E-state index in [9.17, 15) is 0 Å². The van der Waals surface area contributed by atoms with Crippen molar-refractivity contribution in [2.24, 2.45) is 0 Å². The molecular weight excluding hydrogens is 1360 g/mol. The van der Waals surface area contributed by atoms with Gasteiger partial charge < -0.3 is 10.0 Å². The average Bonchev–Trinajstić information content (AvgIpc) is 1.58. The average molecular weight is 1410 g/mol. The van der Waals surface area contributed by atoms with Crippen molar-refractivity contribution in [3.05, 3.63) is 318 Å². The van der Waals surface area contributed by atoms with Gasteiger partial charge in [0.2, 0.25) is 0 Å². The van der Waals surface area contributed by atoms with Crippen LogP contribution < -0.4 is 5.46 Å². The lowest BCUT2D eigenvalue weighted by Gasteiger charge is -2.12. The van der Waals surface area contributed by atoms with Crippen LogP contribution in [0, 0.1) is 0 Å². The zero-order chi connectivity index (χ0) is 63.9. The van der Waals surface area contributed by atoms with Gasteiger partial charge >= 0.3 is 7.12 Å². The first-order valence-corrected chi connectivity index (χ1v) is 32.6. The Morgan fingerprint density at radius 2 is 0.479 bits per heavy atom. The normalized spacial score (nSPS) is 11.0. The van der Waals surface area contributed by atoms with Crippen LogP contribution in [0.2, 0.25) is 0 Å². The Bertz CT molecular complexity index is 4890. The predicted molar refractivity (Wildman–Crippen MR) is 394 cm³/mol. The highest BCUT2D eigenvalue weighted by Gasteiger charge is 2.15. The number of aromatic nitrogens is 8. The lowest BCUT2D eigenvalue weighted by molar-refractivity contribution is 0.426. The second kappa shape index (κ2) is 27.7. The van der Waals surface area contributed by atoms with Crippen molar-refractivity contribution in [2.75, 3.05) is 0 Å². The molecule has 8 aromatic heterocycles. The number of hydrogen-bond donors (Lipinski definition) is 2. The van der Waals surface area contributed by atoms with Crippen LogP contribution in [0.4, 0.5) is 0 Å². The first-order valence-electron chi connectivity index (χ1n) is 30.2. The standard InChI is InChI=1S/C50H32N4.C20H11Br3N4.C10H9BO2/c1-4-10-36-25-39(16-13-33(36)7-1)46-22-19-42(30-51-46)45-28-49(43-20-23-47(52-31-43)40-17-14-34-8-2-5-11-37(34)26-40)54-50(29-45)44-21-24-48(53-32-44)41-18-15-35-9-3-6-12-38(35)27-41;21-18-4-1-12(9-24-18)15-7-16(13-2-5-19(22)25-10-13)27-17(8-15)14-3-6-20(23)26-11-14;12-11(13)10-6-5-8-3-1-2-4-9(8)7-10/h1-32H;1-11H;1-7,12-13H. The molecule has 16 aromatic rings. The summed E-state index contributed by atoms with van der Waals surface area (Å²) in [6, 6.07) is 90.5. The van der Waals surface area contributed by atoms with Crippen LogP contribution in [-0.2, 0) is 0 Å². The number of benzene rings is 8. The first kappa shape index (κ1) is 61.0. The van der Waals surface area contributed by atoms with Crippen LogP contribution in [0.25, 0.3) is 144 Å². The summed E-state index contributed by atoms with van der Waals surface area (Å²) < 4.78 is 2.38. The molecule has 0 saturated carbocycles. The van der Waals surface area contributed by atoms with Gasteiger partial charge in [-0.3, -0.25) is 15.0 Å². The minimum absolute atomic E-state index is 0.527. The highest BCUT2D eigenvalue weighted by molar-refractivity contribution is 9.11. The van der Waals surface area contributed by atoms with Crippen LogP contribution in [0.3, 0.4) is 0 Å². The molecule has 0 unspecified atom stereocenters. The zero-order valence-electron chi connectivity index (χ0n) is 50.1. The summed E-state index contributed by atoms with van der Waals surface area (Å²) in [5.41, 5.74) is 17.7. The summed E-state index contributed by atoms with van der Waals surface area (Å²) in [5, 5.41) is 27.2. The Kier molecular flexibility index (Phi) is 18.0. The van der Waals surface area contributed by atoms with Crippen LogP contribution in [0.1, 0.15) is 0 Å². The fourth-order valence-electron chi connectivity index (χ4n) is 11.2. The SMILES string of the molecule is Brc1ccc(-c2cc(-c3ccc(Br)nc3)nc(-c3ccc(Br)nc3)c2)cn1.OB(O)c1ccc2ccccc2c1.c1ccc2cc(-c3ccc(-c4cc(-c5ccc(-c6ccc7ccccc7c6)nc5)nc(-c5ccc(-c6ccc7ccccc7c6)nc5)c4)cn3)ccc2c1. The predicted octanol–water partition coefficient (Wildman–Crippen LogP) is 19.8. The maximum absolute atomic E-state index is 8.94. The molecular formula is C80H52BBr3N8O2. The highest BCUT2D eigenvalue weighted by atomic mass is 79.9. The van der Waals surface area contributed by atoms with Gasteiger partial charge in [0.15, 0.2) is 0 Å². The Morgan fingerprint density at radius 1 is 0.213 bits per heavy atom. The fraction of sp³-hybridized carbons (Fsp3) is 0. The molecule has 0 aliphatic carbocycles. The summed E-state index contributed by atoms with van der Waals surface area (Å²) in [4.78, 5) is 37.7. The smallest absolute Gasteiger partial charge is 0.423 e. The van der Waals surface area contributed by atoms with Crippen LogP contribution in [-0.4, -0.2) is 57.0 Å². The van der Waals surface area contributed by atoms with Gasteiger partial charge in [-0.05, 0) is 211 Å². The van der Waals surface area contributed by atoms with Gasteiger partial charge in [-0.1, -0.05) is 164 Å². The number of nitrogens with zero attached hydrogens (tertiary/aromatic N) is 8. The highest BCUT2D eigenvalue weighted by Crippen LogP contribution is 2.35. The topological polar surface area (TPSA) is 144 Å². The Balaban J connectivity index is 0.000000157. The molecule has 94 heavy (non-hydrogen) atoms. The third-order valence-corrected chi connectivity index (χ3v) is 17.6. The summed E-state index contributed by atoms with van der Waals surface area (Å²) in [5.74, 6) is 0. The van der Waals surface area contributed by atoms with Crippen molar-refractivity contribution >= 4 is 103 Å². The molecule has 0 saturated heterocycles. The molecule has 0 atom stereocenters. The van der Waals surface area contributed by atoms with Gasteiger partial charge in [-0.15, -0.1) is 0 Å². The Labute approximate surface area is 568 Å². The lowest BCUT2D eigenvalue weighted by Crippen LogP contribution is -2.29.